The first-order valence-electron chi connectivity index (χ1n) is 10.6. The number of carbonyl (C=O) groups is 1. The fraction of sp³-hybridized carbons (Fsp3) is 0.478. The molecule has 2 aromatic rings. The predicted molar refractivity (Wildman–Crippen MR) is 138 cm³/mol. The average Bonchev–Trinajstić information content (AvgIpc) is 3.24. The maximum absolute atomic E-state index is 12.6. The number of rotatable bonds is 9. The van der Waals surface area contributed by atoms with Crippen LogP contribution < -0.4 is 10.6 Å². The monoisotopic (exact) mass is 556 g/mol. The molecule has 170 valence electrons. The van der Waals surface area contributed by atoms with E-state index < -0.39 is 0 Å². The molecule has 1 aliphatic rings. The summed E-state index contributed by atoms with van der Waals surface area (Å²) < 4.78 is 5.81. The third-order valence-corrected chi connectivity index (χ3v) is 6.03. The van der Waals surface area contributed by atoms with Crippen molar-refractivity contribution in [3.8, 4) is 0 Å². The highest BCUT2D eigenvalue weighted by Crippen LogP contribution is 2.23. The van der Waals surface area contributed by atoms with Gasteiger partial charge in [0.15, 0.2) is 5.96 Å². The number of hydrogen-bond donors (Lipinski definition) is 2. The molecule has 1 amide bonds. The molecule has 3 rings (SSSR count). The minimum absolute atomic E-state index is 0. The summed E-state index contributed by atoms with van der Waals surface area (Å²) in [5, 5.41) is 8.65. The quantitative estimate of drug-likeness (QED) is 0.281. The first kappa shape index (κ1) is 25.6. The smallest absolute Gasteiger partial charge is 0.244 e. The molecule has 0 saturated carbocycles. The van der Waals surface area contributed by atoms with E-state index in [-0.39, 0.29) is 36.4 Å². The molecule has 1 unspecified atom stereocenters. The number of hydrogen-bond acceptors (Lipinski definition) is 4. The molecule has 8 heteroatoms. The Bertz CT molecular complexity index is 828. The number of carbonyl (C=O) groups excluding carboxylic acids is 1. The van der Waals surface area contributed by atoms with Crippen LogP contribution in [0.25, 0.3) is 0 Å². The first-order valence-corrected chi connectivity index (χ1v) is 11.5. The maximum atomic E-state index is 12.6. The van der Waals surface area contributed by atoms with Crippen molar-refractivity contribution in [3.63, 3.8) is 0 Å². The number of aliphatic imine (C=N–C) groups is 1. The number of benzene rings is 1. The van der Waals surface area contributed by atoms with E-state index in [0.717, 1.165) is 26.1 Å². The number of nitrogens with one attached hydrogen (secondary N) is 2. The highest BCUT2D eigenvalue weighted by Gasteiger charge is 2.21. The number of thiophene rings is 1. The topological polar surface area (TPSA) is 66.0 Å². The van der Waals surface area contributed by atoms with E-state index in [1.165, 1.54) is 16.0 Å². The molecule has 0 radical (unpaired) electrons. The summed E-state index contributed by atoms with van der Waals surface area (Å²) in [5.41, 5.74) is 2.45. The van der Waals surface area contributed by atoms with Gasteiger partial charge in [0, 0.05) is 31.1 Å². The molecule has 0 aliphatic carbocycles. The van der Waals surface area contributed by atoms with Crippen LogP contribution in [0.15, 0.2) is 46.8 Å². The van der Waals surface area contributed by atoms with Crippen molar-refractivity contribution in [2.24, 2.45) is 10.9 Å². The Morgan fingerprint density at radius 1 is 1.26 bits per heavy atom. The minimum atomic E-state index is 0. The Morgan fingerprint density at radius 2 is 2.06 bits per heavy atom. The van der Waals surface area contributed by atoms with Crippen molar-refractivity contribution in [1.82, 2.24) is 15.5 Å². The fourth-order valence-corrected chi connectivity index (χ4v) is 4.22. The van der Waals surface area contributed by atoms with Crippen LogP contribution in [-0.2, 0) is 29.1 Å². The average molecular weight is 557 g/mol. The number of nitrogens with zero attached hydrogens (tertiary/aromatic N) is 2. The SMILES string of the molecule is CCNC(=NCC(=O)N1CCc2sccc2C1)NCC(C)COCc1ccccc1.I. The molecule has 31 heavy (non-hydrogen) atoms. The number of halogens is 1. The predicted octanol–water partition coefficient (Wildman–Crippen LogP) is 3.66. The van der Waals surface area contributed by atoms with Gasteiger partial charge in [0.25, 0.3) is 0 Å². The van der Waals surface area contributed by atoms with Gasteiger partial charge in [-0.2, -0.15) is 0 Å². The lowest BCUT2D eigenvalue weighted by molar-refractivity contribution is -0.130. The number of ether oxygens (including phenoxy) is 1. The van der Waals surface area contributed by atoms with Crippen molar-refractivity contribution < 1.29 is 9.53 Å². The van der Waals surface area contributed by atoms with E-state index in [1.54, 1.807) is 11.3 Å². The van der Waals surface area contributed by atoms with Crippen LogP contribution in [0.3, 0.4) is 0 Å². The van der Waals surface area contributed by atoms with Crippen molar-refractivity contribution >= 4 is 47.2 Å². The zero-order chi connectivity index (χ0) is 21.2. The summed E-state index contributed by atoms with van der Waals surface area (Å²) in [4.78, 5) is 20.4. The maximum Gasteiger partial charge on any atom is 0.244 e. The fourth-order valence-electron chi connectivity index (χ4n) is 3.33. The van der Waals surface area contributed by atoms with Gasteiger partial charge in [0.05, 0.1) is 13.2 Å². The van der Waals surface area contributed by atoms with Crippen LogP contribution in [0.2, 0.25) is 0 Å². The van der Waals surface area contributed by atoms with Crippen molar-refractivity contribution in [2.75, 3.05) is 32.8 Å². The van der Waals surface area contributed by atoms with E-state index in [0.29, 0.717) is 31.6 Å². The standard InChI is InChI=1S/C23H32N4O2S.HI/c1-3-24-23(25-13-18(2)16-29-17-19-7-5-4-6-8-19)26-14-22(28)27-11-9-21-20(15-27)10-12-30-21;/h4-8,10,12,18H,3,9,11,13-17H2,1-2H3,(H2,24,25,26);1H. The van der Waals surface area contributed by atoms with Gasteiger partial charge in [0.1, 0.15) is 6.54 Å². The second kappa shape index (κ2) is 13.7. The lowest BCUT2D eigenvalue weighted by Crippen LogP contribution is -2.42. The van der Waals surface area contributed by atoms with Crippen molar-refractivity contribution in [1.29, 1.82) is 0 Å². The molecular formula is C23H33IN4O2S. The summed E-state index contributed by atoms with van der Waals surface area (Å²) in [5.74, 6) is 1.07. The minimum Gasteiger partial charge on any atom is -0.376 e. The van der Waals surface area contributed by atoms with Crippen LogP contribution in [-0.4, -0.2) is 49.6 Å². The Kier molecular flexibility index (Phi) is 11.3. The van der Waals surface area contributed by atoms with Crippen LogP contribution in [0.4, 0.5) is 0 Å². The van der Waals surface area contributed by atoms with Gasteiger partial charge >= 0.3 is 0 Å². The summed E-state index contributed by atoms with van der Waals surface area (Å²) in [6.45, 7) is 8.57. The number of fused-ring (bicyclic) bond motifs is 1. The first-order chi connectivity index (χ1) is 14.7. The summed E-state index contributed by atoms with van der Waals surface area (Å²) in [7, 11) is 0. The zero-order valence-electron chi connectivity index (χ0n) is 18.3. The molecule has 0 bridgehead atoms. The Balaban J connectivity index is 0.00000341. The lowest BCUT2D eigenvalue weighted by Gasteiger charge is -2.26. The van der Waals surface area contributed by atoms with E-state index in [2.05, 4.69) is 46.1 Å². The molecule has 1 aromatic heterocycles. The van der Waals surface area contributed by atoms with Gasteiger partial charge in [-0.1, -0.05) is 37.3 Å². The number of guanidine groups is 1. The van der Waals surface area contributed by atoms with Gasteiger partial charge in [-0.05, 0) is 41.8 Å². The van der Waals surface area contributed by atoms with Gasteiger partial charge in [0.2, 0.25) is 5.91 Å². The Morgan fingerprint density at radius 3 is 2.84 bits per heavy atom. The van der Waals surface area contributed by atoms with Crippen LogP contribution in [0.5, 0.6) is 0 Å². The zero-order valence-corrected chi connectivity index (χ0v) is 21.4. The van der Waals surface area contributed by atoms with Crippen molar-refractivity contribution in [2.45, 2.75) is 33.4 Å². The molecule has 1 atom stereocenters. The molecule has 1 aliphatic heterocycles. The van der Waals surface area contributed by atoms with Gasteiger partial charge in [-0.25, -0.2) is 4.99 Å². The number of amides is 1. The Labute approximate surface area is 206 Å². The molecule has 1 aromatic carbocycles. The highest BCUT2D eigenvalue weighted by molar-refractivity contribution is 14.0. The molecule has 2 heterocycles. The van der Waals surface area contributed by atoms with Gasteiger partial charge in [-0.15, -0.1) is 35.3 Å². The molecule has 0 fully saturated rings. The van der Waals surface area contributed by atoms with E-state index in [4.69, 9.17) is 4.74 Å². The Hall–Kier alpha value is -1.65. The third kappa shape index (κ3) is 8.42. The largest absolute Gasteiger partial charge is 0.376 e. The lowest BCUT2D eigenvalue weighted by atomic mass is 10.1. The molecular weight excluding hydrogens is 523 g/mol. The summed E-state index contributed by atoms with van der Waals surface area (Å²) in [6, 6.07) is 12.3. The summed E-state index contributed by atoms with van der Waals surface area (Å²) >= 11 is 1.78. The second-order valence-corrected chi connectivity index (χ2v) is 8.62. The van der Waals surface area contributed by atoms with E-state index >= 15 is 0 Å². The van der Waals surface area contributed by atoms with Crippen molar-refractivity contribution in [3.05, 3.63) is 57.8 Å². The van der Waals surface area contributed by atoms with Crippen LogP contribution in [0.1, 0.15) is 29.9 Å². The summed E-state index contributed by atoms with van der Waals surface area (Å²) in [6.07, 6.45) is 0.946. The normalized spacial score (nSPS) is 14.4. The second-order valence-electron chi connectivity index (χ2n) is 7.62. The van der Waals surface area contributed by atoms with E-state index in [9.17, 15) is 4.79 Å². The van der Waals surface area contributed by atoms with Crippen LogP contribution >= 0.6 is 35.3 Å². The highest BCUT2D eigenvalue weighted by atomic mass is 127. The molecule has 2 N–H and O–H groups in total. The molecule has 0 saturated heterocycles. The van der Waals surface area contributed by atoms with Gasteiger partial charge in [-0.3, -0.25) is 4.79 Å². The molecule has 0 spiro atoms. The third-order valence-electron chi connectivity index (χ3n) is 5.01. The van der Waals surface area contributed by atoms with Gasteiger partial charge < -0.3 is 20.3 Å². The van der Waals surface area contributed by atoms with Crippen LogP contribution in [0, 0.1) is 5.92 Å². The molecule has 6 nitrogen and oxygen atoms in total. The van der Waals surface area contributed by atoms with E-state index in [1.807, 2.05) is 30.0 Å².